The van der Waals surface area contributed by atoms with Crippen molar-refractivity contribution in [3.05, 3.63) is 0 Å². The zero-order valence-electron chi connectivity index (χ0n) is 11.0. The topological polar surface area (TPSA) is 3.24 Å². The van der Waals surface area contributed by atoms with Gasteiger partial charge in [-0.05, 0) is 52.9 Å². The maximum absolute atomic E-state index is 2.68. The van der Waals surface area contributed by atoms with Crippen molar-refractivity contribution in [3.63, 3.8) is 0 Å². The molecule has 1 saturated heterocycles. The highest BCUT2D eigenvalue weighted by molar-refractivity contribution is 4.94. The molecule has 0 N–H and O–H groups in total. The Morgan fingerprint density at radius 1 is 1.00 bits per heavy atom. The van der Waals surface area contributed by atoms with E-state index in [1.54, 1.807) is 0 Å². The van der Waals surface area contributed by atoms with Gasteiger partial charge < -0.3 is 0 Å². The largest absolute Gasteiger partial charge is 0.293 e. The Morgan fingerprint density at radius 3 is 1.64 bits per heavy atom. The van der Waals surface area contributed by atoms with Gasteiger partial charge in [0, 0.05) is 17.6 Å². The van der Waals surface area contributed by atoms with Crippen molar-refractivity contribution < 1.29 is 0 Å². The Hall–Kier alpha value is -0.0400. The van der Waals surface area contributed by atoms with E-state index < -0.39 is 0 Å². The highest BCUT2D eigenvalue weighted by atomic mass is 15.2. The molecule has 0 bridgehead atoms. The van der Waals surface area contributed by atoms with Gasteiger partial charge in [-0.2, -0.15) is 0 Å². The number of nitrogens with zero attached hydrogens (tertiary/aromatic N) is 1. The van der Waals surface area contributed by atoms with Crippen LogP contribution in [-0.2, 0) is 0 Å². The lowest BCUT2D eigenvalue weighted by Gasteiger charge is -2.52. The van der Waals surface area contributed by atoms with Crippen LogP contribution in [0.1, 0.15) is 61.3 Å². The third-order valence-corrected chi connectivity index (χ3v) is 3.42. The van der Waals surface area contributed by atoms with Crippen LogP contribution in [0.25, 0.3) is 0 Å². The molecule has 0 aromatic carbocycles. The van der Waals surface area contributed by atoms with Gasteiger partial charge in [-0.3, -0.25) is 4.90 Å². The van der Waals surface area contributed by atoms with Crippen LogP contribution in [0.2, 0.25) is 0 Å². The van der Waals surface area contributed by atoms with Crippen LogP contribution in [0.3, 0.4) is 0 Å². The zero-order chi connectivity index (χ0) is 11.1. The number of hydrogen-bond donors (Lipinski definition) is 0. The first kappa shape index (κ1) is 12.0. The van der Waals surface area contributed by atoms with E-state index >= 15 is 0 Å². The van der Waals surface area contributed by atoms with Crippen LogP contribution < -0.4 is 0 Å². The van der Waals surface area contributed by atoms with Crippen molar-refractivity contribution >= 4 is 0 Å². The molecule has 0 aliphatic carbocycles. The third kappa shape index (κ3) is 2.50. The molecule has 1 heteroatoms. The molecule has 0 aromatic rings. The summed E-state index contributed by atoms with van der Waals surface area (Å²) >= 11 is 0. The second kappa shape index (κ2) is 3.52. The molecule has 0 saturated carbocycles. The summed E-state index contributed by atoms with van der Waals surface area (Å²) in [4.78, 5) is 2.68. The summed E-state index contributed by atoms with van der Waals surface area (Å²) in [5.74, 6) is 0. The molecule has 1 nitrogen and oxygen atoms in total. The van der Waals surface area contributed by atoms with Crippen LogP contribution in [0.4, 0.5) is 0 Å². The number of rotatable bonds is 0. The van der Waals surface area contributed by atoms with Gasteiger partial charge in [-0.15, -0.1) is 0 Å². The summed E-state index contributed by atoms with van der Waals surface area (Å²) in [6.45, 7) is 16.6. The van der Waals surface area contributed by atoms with Crippen molar-refractivity contribution in [2.45, 2.75) is 78.9 Å². The third-order valence-electron chi connectivity index (χ3n) is 3.42. The Labute approximate surface area is 89.9 Å². The summed E-state index contributed by atoms with van der Waals surface area (Å²) in [6, 6.07) is 1.43. The average molecular weight is 197 g/mol. The minimum atomic E-state index is 0.315. The molecule has 1 heterocycles. The fraction of sp³-hybridized carbons (Fsp3) is 1.00. The quantitative estimate of drug-likeness (QED) is 0.572. The fourth-order valence-electron chi connectivity index (χ4n) is 3.64. The normalized spacial score (nSPS) is 34.5. The Kier molecular flexibility index (Phi) is 3.02. The molecule has 0 amide bonds. The molecule has 0 radical (unpaired) electrons. The lowest BCUT2D eigenvalue weighted by molar-refractivity contribution is -0.0284. The summed E-state index contributed by atoms with van der Waals surface area (Å²) in [7, 11) is 0. The standard InChI is InChI=1S/C13H27N/c1-10-8-13(6,7)9-11(2)14(10)12(3,4)5/h10-11H,8-9H2,1-7H3. The first-order valence-corrected chi connectivity index (χ1v) is 5.92. The Balaban J connectivity index is 2.81. The second-order valence-electron chi connectivity index (χ2n) is 6.85. The maximum Gasteiger partial charge on any atom is 0.0130 e. The number of piperidine rings is 1. The average Bonchev–Trinajstić information content (AvgIpc) is 1.75. The van der Waals surface area contributed by atoms with E-state index in [9.17, 15) is 0 Å². The van der Waals surface area contributed by atoms with Crippen molar-refractivity contribution in [2.24, 2.45) is 5.41 Å². The molecule has 2 atom stereocenters. The van der Waals surface area contributed by atoms with Crippen LogP contribution in [-0.4, -0.2) is 22.5 Å². The minimum Gasteiger partial charge on any atom is -0.293 e. The van der Waals surface area contributed by atoms with Gasteiger partial charge in [0.15, 0.2) is 0 Å². The molecule has 1 fully saturated rings. The van der Waals surface area contributed by atoms with Gasteiger partial charge in [0.2, 0.25) is 0 Å². The van der Waals surface area contributed by atoms with Gasteiger partial charge in [0.1, 0.15) is 0 Å². The molecular formula is C13H27N. The highest BCUT2D eigenvalue weighted by Crippen LogP contribution is 2.40. The highest BCUT2D eigenvalue weighted by Gasteiger charge is 2.39. The van der Waals surface area contributed by atoms with E-state index in [0.29, 0.717) is 23.0 Å². The lowest BCUT2D eigenvalue weighted by atomic mass is 9.74. The van der Waals surface area contributed by atoms with Gasteiger partial charge in [-0.25, -0.2) is 0 Å². The second-order valence-corrected chi connectivity index (χ2v) is 6.85. The molecular weight excluding hydrogens is 170 g/mol. The summed E-state index contributed by atoms with van der Waals surface area (Å²) in [6.07, 6.45) is 2.66. The van der Waals surface area contributed by atoms with Gasteiger partial charge in [0.25, 0.3) is 0 Å². The predicted octanol–water partition coefficient (Wildman–Crippen LogP) is 3.68. The Morgan fingerprint density at radius 2 is 1.36 bits per heavy atom. The fourth-order valence-corrected chi connectivity index (χ4v) is 3.64. The molecule has 0 aromatic heterocycles. The summed E-state index contributed by atoms with van der Waals surface area (Å²) < 4.78 is 0. The summed E-state index contributed by atoms with van der Waals surface area (Å²) in [5.41, 5.74) is 0.843. The van der Waals surface area contributed by atoms with Crippen molar-refractivity contribution in [1.29, 1.82) is 0 Å². The molecule has 2 unspecified atom stereocenters. The van der Waals surface area contributed by atoms with Crippen molar-refractivity contribution in [3.8, 4) is 0 Å². The maximum atomic E-state index is 2.68. The van der Waals surface area contributed by atoms with Gasteiger partial charge in [-0.1, -0.05) is 13.8 Å². The molecule has 1 aliphatic heterocycles. The van der Waals surface area contributed by atoms with E-state index in [0.717, 1.165) is 0 Å². The van der Waals surface area contributed by atoms with Crippen molar-refractivity contribution in [1.82, 2.24) is 4.90 Å². The van der Waals surface area contributed by atoms with Crippen LogP contribution in [0, 0.1) is 5.41 Å². The lowest BCUT2D eigenvalue weighted by Crippen LogP contribution is -2.57. The van der Waals surface area contributed by atoms with E-state index in [-0.39, 0.29) is 0 Å². The van der Waals surface area contributed by atoms with E-state index in [4.69, 9.17) is 0 Å². The zero-order valence-corrected chi connectivity index (χ0v) is 11.0. The number of likely N-dealkylation sites (tertiary alicyclic amines) is 1. The molecule has 14 heavy (non-hydrogen) atoms. The predicted molar refractivity (Wildman–Crippen MR) is 63.5 cm³/mol. The minimum absolute atomic E-state index is 0.315. The first-order valence-electron chi connectivity index (χ1n) is 5.92. The molecule has 0 spiro atoms. The summed E-state index contributed by atoms with van der Waals surface area (Å²) in [5, 5.41) is 0. The van der Waals surface area contributed by atoms with Crippen molar-refractivity contribution in [2.75, 3.05) is 0 Å². The molecule has 1 aliphatic rings. The Bertz CT molecular complexity index is 186. The SMILES string of the molecule is CC1CC(C)(C)CC(C)N1C(C)(C)C. The molecule has 1 rings (SSSR count). The van der Waals surface area contributed by atoms with Crippen LogP contribution in [0.15, 0.2) is 0 Å². The van der Waals surface area contributed by atoms with Gasteiger partial charge >= 0.3 is 0 Å². The van der Waals surface area contributed by atoms with E-state index in [1.807, 2.05) is 0 Å². The first-order chi connectivity index (χ1) is 6.13. The van der Waals surface area contributed by atoms with Crippen LogP contribution >= 0.6 is 0 Å². The monoisotopic (exact) mass is 197 g/mol. The van der Waals surface area contributed by atoms with Crippen LogP contribution in [0.5, 0.6) is 0 Å². The van der Waals surface area contributed by atoms with E-state index in [2.05, 4.69) is 53.4 Å². The van der Waals surface area contributed by atoms with Gasteiger partial charge in [0.05, 0.1) is 0 Å². The number of hydrogen-bond acceptors (Lipinski definition) is 1. The van der Waals surface area contributed by atoms with E-state index in [1.165, 1.54) is 12.8 Å². The molecule has 84 valence electrons. The smallest absolute Gasteiger partial charge is 0.0130 e.